The molecule has 0 radical (unpaired) electrons. The Bertz CT molecular complexity index is 1210. The third kappa shape index (κ3) is 3.68. The zero-order valence-corrected chi connectivity index (χ0v) is 19.8. The van der Waals surface area contributed by atoms with Crippen LogP contribution in [0.3, 0.4) is 0 Å². The number of halogens is 1. The van der Waals surface area contributed by atoms with Gasteiger partial charge in [-0.25, -0.2) is 9.78 Å². The average Bonchev–Trinajstić information content (AvgIpc) is 3.16. The molecule has 1 aliphatic carbocycles. The SMILES string of the molecule is COc1ccc(Br)cc1C1C(C(=O)OC2CCCCC2)=C(C)Nc2nc3ccccc3n21. The van der Waals surface area contributed by atoms with Crippen LogP contribution in [-0.4, -0.2) is 28.7 Å². The molecular formula is C25H26BrN3O3. The average molecular weight is 496 g/mol. The van der Waals surface area contributed by atoms with Crippen LogP contribution in [0.15, 0.2) is 58.2 Å². The first kappa shape index (κ1) is 21.1. The first-order valence-electron chi connectivity index (χ1n) is 11.1. The van der Waals surface area contributed by atoms with Crippen molar-refractivity contribution in [1.82, 2.24) is 9.55 Å². The van der Waals surface area contributed by atoms with Crippen LogP contribution in [0, 0.1) is 0 Å². The van der Waals surface area contributed by atoms with E-state index >= 15 is 0 Å². The number of ether oxygens (including phenoxy) is 2. The second-order valence-electron chi connectivity index (χ2n) is 8.41. The maximum Gasteiger partial charge on any atom is 0.338 e. The number of hydrogen-bond donors (Lipinski definition) is 1. The molecule has 0 spiro atoms. The molecule has 1 aliphatic heterocycles. The van der Waals surface area contributed by atoms with Crippen molar-refractivity contribution in [3.05, 3.63) is 63.8 Å². The number of esters is 1. The van der Waals surface area contributed by atoms with Crippen LogP contribution in [0.4, 0.5) is 5.95 Å². The van der Waals surface area contributed by atoms with Gasteiger partial charge in [-0.15, -0.1) is 0 Å². The van der Waals surface area contributed by atoms with Crippen LogP contribution in [0.5, 0.6) is 5.75 Å². The molecule has 32 heavy (non-hydrogen) atoms. The third-order valence-corrected chi connectivity index (χ3v) is 6.86. The van der Waals surface area contributed by atoms with Crippen LogP contribution in [0.25, 0.3) is 11.0 Å². The quantitative estimate of drug-likeness (QED) is 0.451. The van der Waals surface area contributed by atoms with Gasteiger partial charge in [-0.2, -0.15) is 0 Å². The van der Waals surface area contributed by atoms with Crippen molar-refractivity contribution in [3.63, 3.8) is 0 Å². The minimum absolute atomic E-state index is 0.0254. The van der Waals surface area contributed by atoms with Crippen LogP contribution in [0.1, 0.15) is 50.6 Å². The Morgan fingerprint density at radius 3 is 2.72 bits per heavy atom. The highest BCUT2D eigenvalue weighted by Gasteiger charge is 2.37. The van der Waals surface area contributed by atoms with Gasteiger partial charge in [0.2, 0.25) is 5.95 Å². The minimum atomic E-state index is -0.429. The molecule has 1 unspecified atom stereocenters. The molecular weight excluding hydrogens is 470 g/mol. The van der Waals surface area contributed by atoms with E-state index in [2.05, 4.69) is 25.8 Å². The van der Waals surface area contributed by atoms with E-state index in [0.29, 0.717) is 17.3 Å². The summed E-state index contributed by atoms with van der Waals surface area (Å²) >= 11 is 3.60. The number of anilines is 1. The van der Waals surface area contributed by atoms with E-state index in [1.54, 1.807) is 7.11 Å². The number of carbonyl (C=O) groups excluding carboxylic acids is 1. The van der Waals surface area contributed by atoms with E-state index in [1.165, 1.54) is 6.42 Å². The van der Waals surface area contributed by atoms with E-state index in [9.17, 15) is 4.79 Å². The molecule has 0 saturated heterocycles. The molecule has 3 aromatic rings. The van der Waals surface area contributed by atoms with Gasteiger partial charge in [0.25, 0.3) is 0 Å². The molecule has 2 aliphatic rings. The fourth-order valence-electron chi connectivity index (χ4n) is 4.84. The Hall–Kier alpha value is -2.80. The van der Waals surface area contributed by atoms with Gasteiger partial charge in [0, 0.05) is 15.7 Å². The number of methoxy groups -OCH3 is 1. The summed E-state index contributed by atoms with van der Waals surface area (Å²) in [6.07, 6.45) is 5.24. The fourth-order valence-corrected chi connectivity index (χ4v) is 5.22. The van der Waals surface area contributed by atoms with Crippen molar-refractivity contribution in [1.29, 1.82) is 0 Å². The lowest BCUT2D eigenvalue weighted by Gasteiger charge is -2.32. The molecule has 2 aromatic carbocycles. The summed E-state index contributed by atoms with van der Waals surface area (Å²) in [6, 6.07) is 13.4. The van der Waals surface area contributed by atoms with Crippen molar-refractivity contribution >= 4 is 38.9 Å². The summed E-state index contributed by atoms with van der Waals surface area (Å²) in [5, 5.41) is 3.35. The first-order chi connectivity index (χ1) is 15.6. The number of nitrogens with one attached hydrogen (secondary N) is 1. The summed E-state index contributed by atoms with van der Waals surface area (Å²) in [5.74, 6) is 1.13. The Labute approximate surface area is 195 Å². The van der Waals surface area contributed by atoms with Crippen molar-refractivity contribution < 1.29 is 14.3 Å². The second-order valence-corrected chi connectivity index (χ2v) is 9.33. The highest BCUT2D eigenvalue weighted by Crippen LogP contribution is 2.43. The largest absolute Gasteiger partial charge is 0.496 e. The van der Waals surface area contributed by atoms with Gasteiger partial charge >= 0.3 is 5.97 Å². The third-order valence-electron chi connectivity index (χ3n) is 6.36. The molecule has 1 atom stereocenters. The molecule has 1 fully saturated rings. The monoisotopic (exact) mass is 495 g/mol. The maximum atomic E-state index is 13.6. The van der Waals surface area contributed by atoms with E-state index < -0.39 is 6.04 Å². The molecule has 0 amide bonds. The Morgan fingerprint density at radius 1 is 1.16 bits per heavy atom. The zero-order chi connectivity index (χ0) is 22.2. The van der Waals surface area contributed by atoms with Crippen molar-refractivity contribution in [2.75, 3.05) is 12.4 Å². The lowest BCUT2D eigenvalue weighted by Crippen LogP contribution is -2.31. The molecule has 6 nitrogen and oxygen atoms in total. The predicted molar refractivity (Wildman–Crippen MR) is 128 cm³/mol. The van der Waals surface area contributed by atoms with Crippen LogP contribution in [-0.2, 0) is 9.53 Å². The van der Waals surface area contributed by atoms with Crippen LogP contribution in [0.2, 0.25) is 0 Å². The number of carbonyl (C=O) groups is 1. The normalized spacial score (nSPS) is 18.9. The number of imidazole rings is 1. The number of benzene rings is 2. The minimum Gasteiger partial charge on any atom is -0.496 e. The standard InChI is InChI=1S/C25H26BrN3O3/c1-15-22(24(30)32-17-8-4-3-5-9-17)23(18-14-16(26)12-13-21(18)31-2)29-20-11-7-6-10-19(20)28-25(29)27-15/h6-7,10-14,17,23H,3-5,8-9H2,1-2H3,(H,27,28). The van der Waals surface area contributed by atoms with Gasteiger partial charge in [-0.3, -0.25) is 4.57 Å². The lowest BCUT2D eigenvalue weighted by molar-refractivity contribution is -0.146. The summed E-state index contributed by atoms with van der Waals surface area (Å²) in [4.78, 5) is 18.4. The highest BCUT2D eigenvalue weighted by atomic mass is 79.9. The number of para-hydroxylation sites is 2. The highest BCUT2D eigenvalue weighted by molar-refractivity contribution is 9.10. The van der Waals surface area contributed by atoms with Gasteiger partial charge < -0.3 is 14.8 Å². The van der Waals surface area contributed by atoms with Crippen LogP contribution >= 0.6 is 15.9 Å². The number of fused-ring (bicyclic) bond motifs is 3. The summed E-state index contributed by atoms with van der Waals surface area (Å²) < 4.78 is 14.7. The zero-order valence-electron chi connectivity index (χ0n) is 18.2. The first-order valence-corrected chi connectivity index (χ1v) is 11.9. The Balaban J connectivity index is 1.67. The van der Waals surface area contributed by atoms with E-state index in [4.69, 9.17) is 14.5 Å². The predicted octanol–water partition coefficient (Wildman–Crippen LogP) is 5.97. The maximum absolute atomic E-state index is 13.6. The molecule has 1 N–H and O–H groups in total. The molecule has 166 valence electrons. The molecule has 5 rings (SSSR count). The lowest BCUT2D eigenvalue weighted by atomic mass is 9.93. The van der Waals surface area contributed by atoms with Crippen molar-refractivity contribution in [2.24, 2.45) is 0 Å². The fraction of sp³-hybridized carbons (Fsp3) is 0.360. The number of nitrogens with zero attached hydrogens (tertiary/aromatic N) is 2. The van der Waals surface area contributed by atoms with Gasteiger partial charge in [-0.05, 0) is 62.9 Å². The van der Waals surface area contributed by atoms with Crippen molar-refractivity contribution in [2.45, 2.75) is 51.2 Å². The van der Waals surface area contributed by atoms with E-state index in [1.807, 2.05) is 49.4 Å². The van der Waals surface area contributed by atoms with Crippen LogP contribution < -0.4 is 10.1 Å². The van der Waals surface area contributed by atoms with Gasteiger partial charge in [0.05, 0.1) is 29.8 Å². The number of allylic oxidation sites excluding steroid dienone is 1. The molecule has 0 bridgehead atoms. The topological polar surface area (TPSA) is 65.4 Å². The van der Waals surface area contributed by atoms with Gasteiger partial charge in [0.1, 0.15) is 11.9 Å². The van der Waals surface area contributed by atoms with E-state index in [-0.39, 0.29) is 12.1 Å². The Kier molecular flexibility index (Phi) is 5.67. The molecule has 2 heterocycles. The summed E-state index contributed by atoms with van der Waals surface area (Å²) in [7, 11) is 1.65. The molecule has 1 saturated carbocycles. The molecule has 1 aromatic heterocycles. The smallest absolute Gasteiger partial charge is 0.338 e. The number of aromatic nitrogens is 2. The second kappa shape index (κ2) is 8.62. The summed E-state index contributed by atoms with van der Waals surface area (Å²) in [5.41, 5.74) is 4.02. The number of rotatable bonds is 4. The molecule has 7 heteroatoms. The summed E-state index contributed by atoms with van der Waals surface area (Å²) in [6.45, 7) is 1.91. The van der Waals surface area contributed by atoms with Gasteiger partial charge in [0.15, 0.2) is 0 Å². The Morgan fingerprint density at radius 2 is 1.94 bits per heavy atom. The van der Waals surface area contributed by atoms with Gasteiger partial charge in [-0.1, -0.05) is 34.5 Å². The van der Waals surface area contributed by atoms with E-state index in [0.717, 1.165) is 52.4 Å². The number of hydrogen-bond acceptors (Lipinski definition) is 5. The van der Waals surface area contributed by atoms with Crippen molar-refractivity contribution in [3.8, 4) is 5.75 Å².